The fourth-order valence-corrected chi connectivity index (χ4v) is 3.21. The number of amides is 2. The minimum absolute atomic E-state index is 0.0389. The second-order valence-electron chi connectivity index (χ2n) is 5.26. The zero-order valence-corrected chi connectivity index (χ0v) is 12.3. The van der Waals surface area contributed by atoms with Crippen LogP contribution in [0.15, 0.2) is 16.8 Å². The molecule has 2 amide bonds. The van der Waals surface area contributed by atoms with Gasteiger partial charge in [0.15, 0.2) is 0 Å². The van der Waals surface area contributed by atoms with Crippen LogP contribution in [0.5, 0.6) is 0 Å². The van der Waals surface area contributed by atoms with Crippen molar-refractivity contribution in [1.29, 1.82) is 0 Å². The molecule has 2 rings (SSSR count). The minimum Gasteiger partial charge on any atom is -0.351 e. The van der Waals surface area contributed by atoms with Crippen LogP contribution in [-0.4, -0.2) is 30.4 Å². The number of nitrogens with two attached hydrogens (primary N) is 1. The largest absolute Gasteiger partial charge is 0.351 e. The monoisotopic (exact) mass is 295 g/mol. The van der Waals surface area contributed by atoms with E-state index in [1.54, 1.807) is 11.4 Å². The van der Waals surface area contributed by atoms with Crippen molar-refractivity contribution in [2.45, 2.75) is 37.6 Å². The number of carbonyl (C=O) groups is 2. The SMILES string of the molecule is NCC1(NC(=O)CCNC(=O)c2ccsc2)CCCC1. The highest BCUT2D eigenvalue weighted by atomic mass is 32.1. The lowest BCUT2D eigenvalue weighted by Gasteiger charge is -2.28. The third kappa shape index (κ3) is 3.80. The minimum atomic E-state index is -0.214. The van der Waals surface area contributed by atoms with Crippen molar-refractivity contribution in [2.24, 2.45) is 5.73 Å². The van der Waals surface area contributed by atoms with Crippen molar-refractivity contribution in [2.75, 3.05) is 13.1 Å². The van der Waals surface area contributed by atoms with E-state index in [1.165, 1.54) is 11.3 Å². The number of nitrogens with one attached hydrogen (secondary N) is 2. The molecule has 1 aliphatic rings. The Morgan fingerprint density at radius 2 is 2.10 bits per heavy atom. The number of hydrogen-bond acceptors (Lipinski definition) is 4. The Hall–Kier alpha value is -1.40. The molecule has 1 fully saturated rings. The van der Waals surface area contributed by atoms with Gasteiger partial charge in [-0.05, 0) is 24.3 Å². The first-order chi connectivity index (χ1) is 9.65. The molecule has 6 heteroatoms. The van der Waals surface area contributed by atoms with E-state index >= 15 is 0 Å². The summed E-state index contributed by atoms with van der Waals surface area (Å²) in [7, 11) is 0. The Morgan fingerprint density at radius 1 is 1.35 bits per heavy atom. The summed E-state index contributed by atoms with van der Waals surface area (Å²) in [4.78, 5) is 23.6. The smallest absolute Gasteiger partial charge is 0.252 e. The van der Waals surface area contributed by atoms with Gasteiger partial charge in [0.05, 0.1) is 5.54 Å². The van der Waals surface area contributed by atoms with Gasteiger partial charge in [0.25, 0.3) is 5.91 Å². The molecule has 1 saturated carbocycles. The third-order valence-electron chi connectivity index (χ3n) is 3.78. The van der Waals surface area contributed by atoms with Gasteiger partial charge in [-0.3, -0.25) is 9.59 Å². The van der Waals surface area contributed by atoms with Gasteiger partial charge in [0.2, 0.25) is 5.91 Å². The van der Waals surface area contributed by atoms with E-state index in [1.807, 2.05) is 5.38 Å². The van der Waals surface area contributed by atoms with Crippen LogP contribution in [0, 0.1) is 0 Å². The van der Waals surface area contributed by atoms with E-state index in [-0.39, 0.29) is 23.8 Å². The molecule has 1 aromatic heterocycles. The maximum Gasteiger partial charge on any atom is 0.252 e. The average Bonchev–Trinajstić information content (AvgIpc) is 3.10. The fraction of sp³-hybridized carbons (Fsp3) is 0.571. The predicted octanol–water partition coefficient (Wildman–Crippen LogP) is 1.26. The molecular formula is C14H21N3O2S. The molecule has 0 saturated heterocycles. The summed E-state index contributed by atoms with van der Waals surface area (Å²) < 4.78 is 0. The third-order valence-corrected chi connectivity index (χ3v) is 4.46. The van der Waals surface area contributed by atoms with E-state index in [0.29, 0.717) is 18.7 Å². The summed E-state index contributed by atoms with van der Waals surface area (Å²) in [6.45, 7) is 0.834. The molecule has 1 aliphatic carbocycles. The number of thiophene rings is 1. The van der Waals surface area contributed by atoms with Crippen LogP contribution in [0.3, 0.4) is 0 Å². The Morgan fingerprint density at radius 3 is 2.70 bits per heavy atom. The summed E-state index contributed by atoms with van der Waals surface area (Å²) in [5.74, 6) is -0.170. The first-order valence-corrected chi connectivity index (χ1v) is 7.91. The van der Waals surface area contributed by atoms with Gasteiger partial charge < -0.3 is 16.4 Å². The second kappa shape index (κ2) is 6.85. The number of hydrogen-bond donors (Lipinski definition) is 3. The molecule has 110 valence electrons. The molecule has 0 aromatic carbocycles. The van der Waals surface area contributed by atoms with Gasteiger partial charge in [0, 0.05) is 30.5 Å². The normalized spacial score (nSPS) is 16.9. The predicted molar refractivity (Wildman–Crippen MR) is 79.7 cm³/mol. The molecular weight excluding hydrogens is 274 g/mol. The van der Waals surface area contributed by atoms with Crippen LogP contribution in [0.25, 0.3) is 0 Å². The molecule has 0 unspecified atom stereocenters. The highest BCUT2D eigenvalue weighted by Gasteiger charge is 2.33. The lowest BCUT2D eigenvalue weighted by Crippen LogP contribution is -2.52. The van der Waals surface area contributed by atoms with E-state index in [2.05, 4.69) is 10.6 Å². The van der Waals surface area contributed by atoms with Gasteiger partial charge in [-0.1, -0.05) is 12.8 Å². The molecule has 0 aliphatic heterocycles. The first kappa shape index (κ1) is 15.0. The van der Waals surface area contributed by atoms with Gasteiger partial charge >= 0.3 is 0 Å². The second-order valence-corrected chi connectivity index (χ2v) is 6.04. The zero-order chi connectivity index (χ0) is 14.4. The molecule has 0 bridgehead atoms. The standard InChI is InChI=1S/C14H21N3O2S/c15-10-14(5-1-2-6-14)17-12(18)3-7-16-13(19)11-4-8-20-9-11/h4,8-9H,1-3,5-7,10,15H2,(H,16,19)(H,17,18). The Labute approximate surface area is 122 Å². The topological polar surface area (TPSA) is 84.2 Å². The first-order valence-electron chi connectivity index (χ1n) is 6.97. The van der Waals surface area contributed by atoms with Crippen molar-refractivity contribution >= 4 is 23.2 Å². The Balaban J connectivity index is 1.71. The lowest BCUT2D eigenvalue weighted by atomic mass is 9.97. The Bertz CT molecular complexity index is 453. The summed E-state index contributed by atoms with van der Waals surface area (Å²) >= 11 is 1.48. The number of rotatable bonds is 6. The van der Waals surface area contributed by atoms with Crippen molar-refractivity contribution in [3.63, 3.8) is 0 Å². The zero-order valence-electron chi connectivity index (χ0n) is 11.5. The van der Waals surface area contributed by atoms with E-state index in [9.17, 15) is 9.59 Å². The highest BCUT2D eigenvalue weighted by molar-refractivity contribution is 7.08. The van der Waals surface area contributed by atoms with Crippen LogP contribution < -0.4 is 16.4 Å². The summed E-state index contributed by atoms with van der Waals surface area (Å²) in [6, 6.07) is 1.77. The summed E-state index contributed by atoms with van der Waals surface area (Å²) in [5.41, 5.74) is 6.20. The van der Waals surface area contributed by atoms with Crippen LogP contribution in [0.4, 0.5) is 0 Å². The molecule has 1 heterocycles. The molecule has 1 aromatic rings. The van der Waals surface area contributed by atoms with Crippen LogP contribution >= 0.6 is 11.3 Å². The van der Waals surface area contributed by atoms with Crippen molar-refractivity contribution < 1.29 is 9.59 Å². The number of carbonyl (C=O) groups excluding carboxylic acids is 2. The molecule has 0 atom stereocenters. The molecule has 5 nitrogen and oxygen atoms in total. The molecule has 4 N–H and O–H groups in total. The maximum absolute atomic E-state index is 11.9. The fourth-order valence-electron chi connectivity index (χ4n) is 2.58. The lowest BCUT2D eigenvalue weighted by molar-refractivity contribution is -0.122. The van der Waals surface area contributed by atoms with Crippen LogP contribution in [0.2, 0.25) is 0 Å². The van der Waals surface area contributed by atoms with Gasteiger partial charge in [0.1, 0.15) is 0 Å². The quantitative estimate of drug-likeness (QED) is 0.738. The van der Waals surface area contributed by atoms with Crippen molar-refractivity contribution in [3.05, 3.63) is 22.4 Å². The van der Waals surface area contributed by atoms with E-state index in [0.717, 1.165) is 25.7 Å². The van der Waals surface area contributed by atoms with Gasteiger partial charge in [-0.15, -0.1) is 0 Å². The maximum atomic E-state index is 11.9. The van der Waals surface area contributed by atoms with Crippen LogP contribution in [0.1, 0.15) is 42.5 Å². The van der Waals surface area contributed by atoms with Gasteiger partial charge in [-0.2, -0.15) is 11.3 Å². The Kier molecular flexibility index (Phi) is 5.14. The van der Waals surface area contributed by atoms with E-state index < -0.39 is 0 Å². The molecule has 0 spiro atoms. The summed E-state index contributed by atoms with van der Waals surface area (Å²) in [6.07, 6.45) is 4.43. The summed E-state index contributed by atoms with van der Waals surface area (Å²) in [5, 5.41) is 9.43. The molecule has 20 heavy (non-hydrogen) atoms. The van der Waals surface area contributed by atoms with Crippen LogP contribution in [-0.2, 0) is 4.79 Å². The van der Waals surface area contributed by atoms with Gasteiger partial charge in [-0.25, -0.2) is 0 Å². The van der Waals surface area contributed by atoms with Crippen molar-refractivity contribution in [3.8, 4) is 0 Å². The van der Waals surface area contributed by atoms with Crippen molar-refractivity contribution in [1.82, 2.24) is 10.6 Å². The molecule has 0 radical (unpaired) electrons. The van der Waals surface area contributed by atoms with E-state index in [4.69, 9.17) is 5.73 Å². The highest BCUT2D eigenvalue weighted by Crippen LogP contribution is 2.28. The average molecular weight is 295 g/mol.